The molecule has 2 aliphatic heterocycles. The standard InChI is InChI=1S/C18H30N4/c1-2-10-21-17(4-1)15-22(14-16-6-11-20-12-7-16)18-5-3-9-19-13-8-18/h1-2,4,10,16,18-20H,3,5-9,11-15H2. The van der Waals surface area contributed by atoms with E-state index in [1.165, 1.54) is 64.0 Å². The lowest BCUT2D eigenvalue weighted by atomic mass is 9.95. The molecule has 0 bridgehead atoms. The predicted octanol–water partition coefficient (Wildman–Crippen LogP) is 2.03. The second-order valence-electron chi connectivity index (χ2n) is 6.78. The molecule has 1 aromatic rings. The first-order valence-corrected chi connectivity index (χ1v) is 8.97. The summed E-state index contributed by atoms with van der Waals surface area (Å²) in [6, 6.07) is 7.01. The van der Waals surface area contributed by atoms with Crippen LogP contribution < -0.4 is 10.6 Å². The summed E-state index contributed by atoms with van der Waals surface area (Å²) in [5.74, 6) is 0.848. The fourth-order valence-corrected chi connectivity index (χ4v) is 3.80. The molecular formula is C18H30N4. The van der Waals surface area contributed by atoms with E-state index in [1.54, 1.807) is 0 Å². The van der Waals surface area contributed by atoms with Gasteiger partial charge in [0.25, 0.3) is 0 Å². The Morgan fingerprint density at radius 2 is 1.82 bits per heavy atom. The maximum absolute atomic E-state index is 4.56. The Morgan fingerprint density at radius 1 is 1.00 bits per heavy atom. The molecule has 22 heavy (non-hydrogen) atoms. The van der Waals surface area contributed by atoms with Crippen LogP contribution in [0.25, 0.3) is 0 Å². The van der Waals surface area contributed by atoms with Gasteiger partial charge in [0.15, 0.2) is 0 Å². The van der Waals surface area contributed by atoms with Crippen molar-refractivity contribution in [1.82, 2.24) is 20.5 Å². The van der Waals surface area contributed by atoms with Gasteiger partial charge in [0.2, 0.25) is 0 Å². The van der Waals surface area contributed by atoms with Crippen molar-refractivity contribution >= 4 is 0 Å². The number of rotatable bonds is 5. The van der Waals surface area contributed by atoms with Crippen LogP contribution >= 0.6 is 0 Å². The summed E-state index contributed by atoms with van der Waals surface area (Å²) in [7, 11) is 0. The minimum absolute atomic E-state index is 0.715. The van der Waals surface area contributed by atoms with Crippen molar-refractivity contribution < 1.29 is 0 Å². The second kappa shape index (κ2) is 8.61. The quantitative estimate of drug-likeness (QED) is 0.873. The van der Waals surface area contributed by atoms with Crippen LogP contribution in [-0.2, 0) is 6.54 Å². The molecule has 2 saturated heterocycles. The lowest BCUT2D eigenvalue weighted by molar-refractivity contribution is 0.132. The maximum Gasteiger partial charge on any atom is 0.0544 e. The van der Waals surface area contributed by atoms with Gasteiger partial charge in [-0.3, -0.25) is 9.88 Å². The van der Waals surface area contributed by atoms with Crippen LogP contribution in [0, 0.1) is 5.92 Å². The summed E-state index contributed by atoms with van der Waals surface area (Å²) in [5, 5.41) is 7.03. The van der Waals surface area contributed by atoms with E-state index in [-0.39, 0.29) is 0 Å². The second-order valence-corrected chi connectivity index (χ2v) is 6.78. The van der Waals surface area contributed by atoms with Crippen LogP contribution in [0.5, 0.6) is 0 Å². The Bertz CT molecular complexity index is 408. The molecular weight excluding hydrogens is 272 g/mol. The van der Waals surface area contributed by atoms with Crippen molar-refractivity contribution in [3.8, 4) is 0 Å². The van der Waals surface area contributed by atoms with Gasteiger partial charge < -0.3 is 10.6 Å². The predicted molar refractivity (Wildman–Crippen MR) is 90.7 cm³/mol. The number of pyridine rings is 1. The molecule has 0 spiro atoms. The van der Waals surface area contributed by atoms with Crippen LogP contribution in [0.4, 0.5) is 0 Å². The van der Waals surface area contributed by atoms with Crippen molar-refractivity contribution in [2.45, 2.75) is 44.7 Å². The molecule has 3 heterocycles. The first-order valence-electron chi connectivity index (χ1n) is 8.97. The van der Waals surface area contributed by atoms with Gasteiger partial charge in [-0.1, -0.05) is 6.07 Å². The lowest BCUT2D eigenvalue weighted by Gasteiger charge is -2.35. The van der Waals surface area contributed by atoms with E-state index in [1.807, 2.05) is 12.3 Å². The highest BCUT2D eigenvalue weighted by atomic mass is 15.2. The maximum atomic E-state index is 4.56. The molecule has 2 aliphatic rings. The minimum Gasteiger partial charge on any atom is -0.317 e. The number of nitrogens with one attached hydrogen (secondary N) is 2. The molecule has 0 amide bonds. The molecule has 0 aromatic carbocycles. The number of nitrogens with zero attached hydrogens (tertiary/aromatic N) is 2. The molecule has 0 saturated carbocycles. The fraction of sp³-hybridized carbons (Fsp3) is 0.722. The highest BCUT2D eigenvalue weighted by Gasteiger charge is 2.24. The van der Waals surface area contributed by atoms with Gasteiger partial charge in [-0.15, -0.1) is 0 Å². The summed E-state index contributed by atoms with van der Waals surface area (Å²) in [4.78, 5) is 7.29. The highest BCUT2D eigenvalue weighted by molar-refractivity contribution is 5.03. The van der Waals surface area contributed by atoms with Crippen LogP contribution in [0.3, 0.4) is 0 Å². The number of aromatic nitrogens is 1. The zero-order valence-corrected chi connectivity index (χ0v) is 13.6. The largest absolute Gasteiger partial charge is 0.317 e. The number of piperidine rings is 1. The van der Waals surface area contributed by atoms with Crippen molar-refractivity contribution in [1.29, 1.82) is 0 Å². The molecule has 2 fully saturated rings. The molecule has 1 unspecified atom stereocenters. The smallest absolute Gasteiger partial charge is 0.0544 e. The molecule has 1 atom stereocenters. The Hall–Kier alpha value is -0.970. The molecule has 2 N–H and O–H groups in total. The summed E-state index contributed by atoms with van der Waals surface area (Å²) < 4.78 is 0. The average molecular weight is 302 g/mol. The van der Waals surface area contributed by atoms with Gasteiger partial charge >= 0.3 is 0 Å². The Labute approximate surface area is 134 Å². The van der Waals surface area contributed by atoms with Crippen LogP contribution in [-0.4, -0.2) is 48.6 Å². The first kappa shape index (κ1) is 15.9. The summed E-state index contributed by atoms with van der Waals surface area (Å²) in [5.41, 5.74) is 1.22. The SMILES string of the molecule is c1ccc(CN(CC2CCNCC2)C2CCCNCC2)nc1. The van der Waals surface area contributed by atoms with Crippen molar-refractivity contribution in [2.24, 2.45) is 5.92 Å². The van der Waals surface area contributed by atoms with E-state index in [4.69, 9.17) is 0 Å². The summed E-state index contributed by atoms with van der Waals surface area (Å²) >= 11 is 0. The third-order valence-corrected chi connectivity index (χ3v) is 5.10. The molecule has 0 radical (unpaired) electrons. The Balaban J connectivity index is 1.65. The van der Waals surface area contributed by atoms with Crippen molar-refractivity contribution in [3.05, 3.63) is 30.1 Å². The van der Waals surface area contributed by atoms with E-state index < -0.39 is 0 Å². The van der Waals surface area contributed by atoms with Gasteiger partial charge in [-0.25, -0.2) is 0 Å². The molecule has 3 rings (SSSR count). The van der Waals surface area contributed by atoms with Crippen LogP contribution in [0.15, 0.2) is 24.4 Å². The van der Waals surface area contributed by atoms with Crippen LogP contribution in [0.1, 0.15) is 37.8 Å². The topological polar surface area (TPSA) is 40.2 Å². The third kappa shape index (κ3) is 4.77. The minimum atomic E-state index is 0.715. The van der Waals surface area contributed by atoms with E-state index in [2.05, 4.69) is 32.7 Å². The normalized spacial score (nSPS) is 24.3. The number of hydrogen-bond donors (Lipinski definition) is 2. The summed E-state index contributed by atoms with van der Waals surface area (Å²) in [6.07, 6.45) is 8.47. The van der Waals surface area contributed by atoms with E-state index in [0.717, 1.165) is 19.0 Å². The molecule has 1 aromatic heterocycles. The third-order valence-electron chi connectivity index (χ3n) is 5.10. The number of hydrogen-bond acceptors (Lipinski definition) is 4. The van der Waals surface area contributed by atoms with Gasteiger partial charge in [0.05, 0.1) is 5.69 Å². The Kier molecular flexibility index (Phi) is 6.22. The van der Waals surface area contributed by atoms with Crippen molar-refractivity contribution in [2.75, 3.05) is 32.7 Å². The zero-order chi connectivity index (χ0) is 15.0. The molecule has 4 nitrogen and oxygen atoms in total. The zero-order valence-electron chi connectivity index (χ0n) is 13.6. The average Bonchev–Trinajstić information content (AvgIpc) is 2.85. The van der Waals surface area contributed by atoms with Gasteiger partial charge in [-0.05, 0) is 76.3 Å². The lowest BCUT2D eigenvalue weighted by Crippen LogP contribution is -2.41. The van der Waals surface area contributed by atoms with Gasteiger partial charge in [0, 0.05) is 25.3 Å². The Morgan fingerprint density at radius 3 is 2.64 bits per heavy atom. The van der Waals surface area contributed by atoms with E-state index >= 15 is 0 Å². The van der Waals surface area contributed by atoms with E-state index in [0.29, 0.717) is 6.04 Å². The van der Waals surface area contributed by atoms with E-state index in [9.17, 15) is 0 Å². The van der Waals surface area contributed by atoms with Crippen molar-refractivity contribution in [3.63, 3.8) is 0 Å². The van der Waals surface area contributed by atoms with Crippen LogP contribution in [0.2, 0.25) is 0 Å². The first-order chi connectivity index (χ1) is 10.9. The molecule has 0 aliphatic carbocycles. The van der Waals surface area contributed by atoms with Gasteiger partial charge in [0.1, 0.15) is 0 Å². The monoisotopic (exact) mass is 302 g/mol. The molecule has 4 heteroatoms. The molecule has 122 valence electrons. The van der Waals surface area contributed by atoms with Gasteiger partial charge in [-0.2, -0.15) is 0 Å². The summed E-state index contributed by atoms with van der Waals surface area (Å²) in [6.45, 7) is 6.97. The fourth-order valence-electron chi connectivity index (χ4n) is 3.80. The highest BCUT2D eigenvalue weighted by Crippen LogP contribution is 2.21.